The zero-order valence-corrected chi connectivity index (χ0v) is 15.4. The number of urea groups is 1. The Morgan fingerprint density at radius 1 is 1.04 bits per heavy atom. The second-order valence-corrected chi connectivity index (χ2v) is 6.59. The topological polar surface area (TPSA) is 49.9 Å². The van der Waals surface area contributed by atoms with Crippen molar-refractivity contribution in [1.29, 1.82) is 0 Å². The Bertz CT molecular complexity index is 803. The number of carbonyl (C=O) groups excluding carboxylic acids is 2. The molecule has 0 radical (unpaired) electrons. The lowest BCUT2D eigenvalue weighted by Crippen LogP contribution is -2.48. The third-order valence-corrected chi connectivity index (χ3v) is 4.66. The molecule has 0 saturated carbocycles. The minimum atomic E-state index is -0.430. The standard InChI is InChI=1S/C20H21ClN2O3/c1-26-18-11-4-3-10-17(18)19(24)23(16-9-7-8-15(21)14-16)20(25)22-12-5-2-6-13-22/h3-4,7-11,14H,2,5-6,12-13H2,1H3. The first-order valence-electron chi connectivity index (χ1n) is 8.64. The average Bonchev–Trinajstić information content (AvgIpc) is 2.68. The molecule has 2 aromatic carbocycles. The monoisotopic (exact) mass is 372 g/mol. The molecule has 6 heteroatoms. The first-order valence-corrected chi connectivity index (χ1v) is 9.01. The first kappa shape index (κ1) is 18.3. The summed E-state index contributed by atoms with van der Waals surface area (Å²) in [4.78, 5) is 29.4. The molecule has 0 aliphatic carbocycles. The van der Waals surface area contributed by atoms with Crippen molar-refractivity contribution in [3.05, 3.63) is 59.1 Å². The number of piperidine rings is 1. The van der Waals surface area contributed by atoms with Crippen LogP contribution in [0, 0.1) is 0 Å². The van der Waals surface area contributed by atoms with Gasteiger partial charge in [-0.05, 0) is 49.6 Å². The highest BCUT2D eigenvalue weighted by Crippen LogP contribution is 2.27. The van der Waals surface area contributed by atoms with Gasteiger partial charge in [0.1, 0.15) is 5.75 Å². The number of halogens is 1. The van der Waals surface area contributed by atoms with Crippen molar-refractivity contribution in [2.45, 2.75) is 19.3 Å². The Morgan fingerprint density at radius 2 is 1.77 bits per heavy atom. The van der Waals surface area contributed by atoms with E-state index in [-0.39, 0.29) is 6.03 Å². The van der Waals surface area contributed by atoms with Crippen molar-refractivity contribution in [2.75, 3.05) is 25.1 Å². The molecule has 1 aliphatic heterocycles. The molecule has 0 aromatic heterocycles. The van der Waals surface area contributed by atoms with Crippen LogP contribution in [0.2, 0.25) is 5.02 Å². The lowest BCUT2D eigenvalue weighted by atomic mass is 10.1. The lowest BCUT2D eigenvalue weighted by Gasteiger charge is -2.32. The maximum Gasteiger partial charge on any atom is 0.331 e. The Hall–Kier alpha value is -2.53. The van der Waals surface area contributed by atoms with E-state index in [0.29, 0.717) is 35.1 Å². The van der Waals surface area contributed by atoms with Crippen LogP contribution in [-0.4, -0.2) is 37.0 Å². The van der Waals surface area contributed by atoms with Crippen LogP contribution in [0.3, 0.4) is 0 Å². The van der Waals surface area contributed by atoms with Gasteiger partial charge in [-0.15, -0.1) is 0 Å². The number of likely N-dealkylation sites (tertiary alicyclic amines) is 1. The Morgan fingerprint density at radius 3 is 2.46 bits per heavy atom. The van der Waals surface area contributed by atoms with Gasteiger partial charge in [-0.3, -0.25) is 4.79 Å². The molecule has 3 rings (SSSR count). The van der Waals surface area contributed by atoms with Crippen molar-refractivity contribution in [2.24, 2.45) is 0 Å². The van der Waals surface area contributed by atoms with Crippen molar-refractivity contribution in [1.82, 2.24) is 4.90 Å². The molecule has 0 N–H and O–H groups in total. The van der Waals surface area contributed by atoms with Crippen LogP contribution in [0.15, 0.2) is 48.5 Å². The highest BCUT2D eigenvalue weighted by molar-refractivity contribution is 6.31. The fourth-order valence-corrected chi connectivity index (χ4v) is 3.28. The zero-order chi connectivity index (χ0) is 18.5. The fourth-order valence-electron chi connectivity index (χ4n) is 3.10. The maximum absolute atomic E-state index is 13.3. The molecule has 5 nitrogen and oxygen atoms in total. The molecule has 0 bridgehead atoms. The predicted octanol–water partition coefficient (Wildman–Crippen LogP) is 4.60. The molecule has 0 spiro atoms. The molecule has 1 saturated heterocycles. The van der Waals surface area contributed by atoms with Crippen LogP contribution < -0.4 is 9.64 Å². The van der Waals surface area contributed by atoms with Crippen molar-refractivity contribution < 1.29 is 14.3 Å². The first-order chi connectivity index (χ1) is 12.6. The summed E-state index contributed by atoms with van der Waals surface area (Å²) in [7, 11) is 1.50. The summed E-state index contributed by atoms with van der Waals surface area (Å²) < 4.78 is 5.30. The lowest BCUT2D eigenvalue weighted by molar-refractivity contribution is 0.0980. The van der Waals surface area contributed by atoms with Gasteiger partial charge in [0, 0.05) is 18.1 Å². The summed E-state index contributed by atoms with van der Waals surface area (Å²) in [5.41, 5.74) is 0.782. The van der Waals surface area contributed by atoms with E-state index in [0.717, 1.165) is 19.3 Å². The molecular weight excluding hydrogens is 352 g/mol. The number of benzene rings is 2. The number of imide groups is 1. The predicted molar refractivity (Wildman–Crippen MR) is 102 cm³/mol. The van der Waals surface area contributed by atoms with Gasteiger partial charge in [-0.25, -0.2) is 9.69 Å². The molecule has 1 heterocycles. The minimum absolute atomic E-state index is 0.331. The van der Waals surface area contributed by atoms with E-state index in [1.165, 1.54) is 12.0 Å². The van der Waals surface area contributed by atoms with Gasteiger partial charge in [-0.1, -0.05) is 29.8 Å². The number of methoxy groups -OCH3 is 1. The highest BCUT2D eigenvalue weighted by Gasteiger charge is 2.31. The number of hydrogen-bond donors (Lipinski definition) is 0. The van der Waals surface area contributed by atoms with Gasteiger partial charge in [0.15, 0.2) is 0 Å². The Labute approximate surface area is 158 Å². The van der Waals surface area contributed by atoms with Gasteiger partial charge >= 0.3 is 6.03 Å². The number of amides is 3. The summed E-state index contributed by atoms with van der Waals surface area (Å²) in [6, 6.07) is 13.3. The minimum Gasteiger partial charge on any atom is -0.496 e. The highest BCUT2D eigenvalue weighted by atomic mass is 35.5. The summed E-state index contributed by atoms with van der Waals surface area (Å²) in [5, 5.41) is 0.465. The number of anilines is 1. The SMILES string of the molecule is COc1ccccc1C(=O)N(C(=O)N1CCCCC1)c1cccc(Cl)c1. The average molecular weight is 373 g/mol. The molecule has 0 atom stereocenters. The third-order valence-electron chi connectivity index (χ3n) is 4.42. The van der Waals surface area contributed by atoms with E-state index in [1.54, 1.807) is 53.4 Å². The maximum atomic E-state index is 13.3. The van der Waals surface area contributed by atoms with Crippen molar-refractivity contribution in [3.63, 3.8) is 0 Å². The number of nitrogens with zero attached hydrogens (tertiary/aromatic N) is 2. The summed E-state index contributed by atoms with van der Waals surface area (Å²) in [6.07, 6.45) is 2.98. The molecular formula is C20H21ClN2O3. The second kappa shape index (κ2) is 8.23. The van der Waals surface area contributed by atoms with Crippen LogP contribution in [0.5, 0.6) is 5.75 Å². The molecule has 136 valence electrons. The molecule has 1 fully saturated rings. The molecule has 3 amide bonds. The van der Waals surface area contributed by atoms with E-state index in [1.807, 2.05) is 0 Å². The molecule has 0 unspecified atom stereocenters. The van der Waals surface area contributed by atoms with Crippen LogP contribution in [0.25, 0.3) is 0 Å². The third kappa shape index (κ3) is 3.83. The fraction of sp³-hybridized carbons (Fsp3) is 0.300. The number of carbonyl (C=O) groups is 2. The number of hydrogen-bond acceptors (Lipinski definition) is 3. The van der Waals surface area contributed by atoms with Crippen LogP contribution in [-0.2, 0) is 0 Å². The Balaban J connectivity index is 2.02. The van der Waals surface area contributed by atoms with Gasteiger partial charge in [0.2, 0.25) is 0 Å². The normalized spacial score (nSPS) is 14.0. The zero-order valence-electron chi connectivity index (χ0n) is 14.7. The Kier molecular flexibility index (Phi) is 5.78. The quantitative estimate of drug-likeness (QED) is 0.791. The smallest absolute Gasteiger partial charge is 0.331 e. The number of rotatable bonds is 3. The van der Waals surface area contributed by atoms with Gasteiger partial charge < -0.3 is 9.64 Å². The second-order valence-electron chi connectivity index (χ2n) is 6.15. The van der Waals surface area contributed by atoms with Crippen molar-refractivity contribution >= 4 is 29.2 Å². The van der Waals surface area contributed by atoms with Crippen molar-refractivity contribution in [3.8, 4) is 5.75 Å². The van der Waals surface area contributed by atoms with E-state index in [9.17, 15) is 9.59 Å². The van der Waals surface area contributed by atoms with Gasteiger partial charge in [0.25, 0.3) is 5.91 Å². The van der Waals surface area contributed by atoms with Crippen LogP contribution >= 0.6 is 11.6 Å². The van der Waals surface area contributed by atoms with E-state index >= 15 is 0 Å². The van der Waals surface area contributed by atoms with E-state index in [2.05, 4.69) is 0 Å². The largest absolute Gasteiger partial charge is 0.496 e. The molecule has 1 aliphatic rings. The van der Waals surface area contributed by atoms with Gasteiger partial charge in [0.05, 0.1) is 18.4 Å². The molecule has 26 heavy (non-hydrogen) atoms. The van der Waals surface area contributed by atoms with Crippen LogP contribution in [0.1, 0.15) is 29.6 Å². The van der Waals surface area contributed by atoms with E-state index < -0.39 is 5.91 Å². The molecule has 2 aromatic rings. The summed E-state index contributed by atoms with van der Waals surface area (Å²) >= 11 is 6.10. The van der Waals surface area contributed by atoms with Crippen LogP contribution in [0.4, 0.5) is 10.5 Å². The summed E-state index contributed by atoms with van der Waals surface area (Å²) in [6.45, 7) is 1.30. The van der Waals surface area contributed by atoms with Gasteiger partial charge in [-0.2, -0.15) is 0 Å². The number of para-hydroxylation sites is 1. The van der Waals surface area contributed by atoms with E-state index in [4.69, 9.17) is 16.3 Å². The summed E-state index contributed by atoms with van der Waals surface area (Å²) in [5.74, 6) is -0.00346. The number of ether oxygens (including phenoxy) is 1.